The Morgan fingerprint density at radius 2 is 1.28 bits per heavy atom. The first kappa shape index (κ1) is 29.1. The molecule has 0 saturated heterocycles. The molecule has 0 saturated carbocycles. The molecule has 0 fully saturated rings. The van der Waals surface area contributed by atoms with E-state index in [1.807, 2.05) is 0 Å². The third-order valence-electron chi connectivity index (χ3n) is 4.23. The molecule has 0 heterocycles. The molecule has 0 rings (SSSR count). The van der Waals surface area contributed by atoms with Crippen molar-refractivity contribution in [3.63, 3.8) is 0 Å². The molecule has 0 radical (unpaired) electrons. The van der Waals surface area contributed by atoms with Crippen LogP contribution in [-0.2, 0) is 28.8 Å². The van der Waals surface area contributed by atoms with Gasteiger partial charge in [0.1, 0.15) is 18.1 Å². The van der Waals surface area contributed by atoms with Crippen molar-refractivity contribution in [1.29, 1.82) is 0 Å². The highest BCUT2D eigenvalue weighted by molar-refractivity contribution is 7.98. The summed E-state index contributed by atoms with van der Waals surface area (Å²) in [6.07, 6.45) is 0.615. The maximum atomic E-state index is 12.7. The van der Waals surface area contributed by atoms with E-state index in [0.29, 0.717) is 5.75 Å². The Morgan fingerprint density at radius 3 is 1.72 bits per heavy atom. The zero-order valence-electron chi connectivity index (χ0n) is 18.0. The van der Waals surface area contributed by atoms with E-state index in [-0.39, 0.29) is 25.7 Å². The van der Waals surface area contributed by atoms with E-state index in [4.69, 9.17) is 16.6 Å². The zero-order chi connectivity index (χ0) is 24.8. The van der Waals surface area contributed by atoms with Gasteiger partial charge in [-0.25, -0.2) is 4.79 Å². The summed E-state index contributed by atoms with van der Waals surface area (Å²) >= 11 is 1.42. The Balaban J connectivity index is 5.45. The lowest BCUT2D eigenvalue weighted by Gasteiger charge is -2.24. The van der Waals surface area contributed by atoms with Gasteiger partial charge < -0.3 is 37.6 Å². The molecule has 0 aromatic carbocycles. The highest BCUT2D eigenvalue weighted by Crippen LogP contribution is 2.06. The lowest BCUT2D eigenvalue weighted by molar-refractivity contribution is -0.143. The fourth-order valence-corrected chi connectivity index (χ4v) is 2.90. The van der Waals surface area contributed by atoms with Gasteiger partial charge in [-0.3, -0.25) is 24.0 Å². The third-order valence-corrected chi connectivity index (χ3v) is 4.87. The standard InChI is InChI=1S/C18H31N5O8S/c1-9(19)15(27)21-11(7-8-32-2)17(29)22-10(4-6-14(25)26)16(28)23-12(18(30)31)3-5-13(20)24/h9-12H,3-8,19H2,1-2H3,(H2,20,24)(H,21,27)(H,22,29)(H,23,28)(H,25,26)(H,30,31). The number of primary amides is 1. The van der Waals surface area contributed by atoms with E-state index in [9.17, 15) is 33.9 Å². The van der Waals surface area contributed by atoms with Crippen molar-refractivity contribution < 1.29 is 39.0 Å². The molecule has 32 heavy (non-hydrogen) atoms. The Hall–Kier alpha value is -2.87. The van der Waals surface area contributed by atoms with Crippen LogP contribution in [0, 0.1) is 0 Å². The highest BCUT2D eigenvalue weighted by atomic mass is 32.2. The number of nitrogens with two attached hydrogens (primary N) is 2. The SMILES string of the molecule is CSCCC(NC(=O)C(C)N)C(=O)NC(CCC(=O)O)C(=O)NC(CCC(N)=O)C(=O)O. The lowest BCUT2D eigenvalue weighted by atomic mass is 10.1. The molecule has 0 aliphatic carbocycles. The average Bonchev–Trinajstić information content (AvgIpc) is 2.69. The van der Waals surface area contributed by atoms with Gasteiger partial charge in [0.25, 0.3) is 0 Å². The van der Waals surface area contributed by atoms with Crippen molar-refractivity contribution in [3.05, 3.63) is 0 Å². The number of hydrogen-bond donors (Lipinski definition) is 7. The number of hydrogen-bond acceptors (Lipinski definition) is 8. The first-order valence-electron chi connectivity index (χ1n) is 9.77. The zero-order valence-corrected chi connectivity index (χ0v) is 18.8. The Bertz CT molecular complexity index is 703. The molecule has 13 nitrogen and oxygen atoms in total. The summed E-state index contributed by atoms with van der Waals surface area (Å²) in [5.41, 5.74) is 10.5. The van der Waals surface area contributed by atoms with Crippen LogP contribution in [0.15, 0.2) is 0 Å². The van der Waals surface area contributed by atoms with Crippen LogP contribution >= 0.6 is 11.8 Å². The second-order valence-corrected chi connectivity index (χ2v) is 8.01. The molecular formula is C18H31N5O8S. The van der Waals surface area contributed by atoms with Crippen LogP contribution in [0.1, 0.15) is 39.0 Å². The molecule has 182 valence electrons. The summed E-state index contributed by atoms with van der Waals surface area (Å²) < 4.78 is 0. The van der Waals surface area contributed by atoms with Crippen LogP contribution in [-0.4, -0.2) is 82.0 Å². The molecule has 4 atom stereocenters. The van der Waals surface area contributed by atoms with Crippen molar-refractivity contribution in [1.82, 2.24) is 16.0 Å². The predicted octanol–water partition coefficient (Wildman–Crippen LogP) is -2.24. The van der Waals surface area contributed by atoms with E-state index >= 15 is 0 Å². The van der Waals surface area contributed by atoms with E-state index in [0.717, 1.165) is 0 Å². The van der Waals surface area contributed by atoms with E-state index in [1.165, 1.54) is 18.7 Å². The van der Waals surface area contributed by atoms with Crippen LogP contribution in [0.3, 0.4) is 0 Å². The number of carbonyl (C=O) groups is 6. The lowest BCUT2D eigenvalue weighted by Crippen LogP contribution is -2.57. The Morgan fingerprint density at radius 1 is 0.812 bits per heavy atom. The molecule has 9 N–H and O–H groups in total. The van der Waals surface area contributed by atoms with Gasteiger partial charge in [0.05, 0.1) is 6.04 Å². The van der Waals surface area contributed by atoms with Crippen LogP contribution in [0.25, 0.3) is 0 Å². The Kier molecular flexibility index (Phi) is 13.7. The van der Waals surface area contributed by atoms with Gasteiger partial charge in [-0.15, -0.1) is 0 Å². The second kappa shape index (κ2) is 15.0. The minimum atomic E-state index is -1.47. The molecule has 0 spiro atoms. The van der Waals surface area contributed by atoms with Gasteiger partial charge in [-0.2, -0.15) is 11.8 Å². The smallest absolute Gasteiger partial charge is 0.326 e. The van der Waals surface area contributed by atoms with Gasteiger partial charge in [0, 0.05) is 12.8 Å². The van der Waals surface area contributed by atoms with E-state index in [2.05, 4.69) is 16.0 Å². The summed E-state index contributed by atoms with van der Waals surface area (Å²) in [4.78, 5) is 70.5. The molecule has 0 aromatic heterocycles. The highest BCUT2D eigenvalue weighted by Gasteiger charge is 2.30. The number of rotatable bonds is 16. The van der Waals surface area contributed by atoms with Crippen molar-refractivity contribution in [2.45, 2.75) is 63.2 Å². The van der Waals surface area contributed by atoms with Crippen molar-refractivity contribution in [2.24, 2.45) is 11.5 Å². The third kappa shape index (κ3) is 12.1. The number of carboxylic acids is 2. The molecule has 4 unspecified atom stereocenters. The fourth-order valence-electron chi connectivity index (χ4n) is 2.43. The van der Waals surface area contributed by atoms with Crippen molar-refractivity contribution in [2.75, 3.05) is 12.0 Å². The van der Waals surface area contributed by atoms with Crippen LogP contribution in [0.2, 0.25) is 0 Å². The molecule has 0 aromatic rings. The Labute approximate surface area is 189 Å². The second-order valence-electron chi connectivity index (χ2n) is 7.03. The predicted molar refractivity (Wildman–Crippen MR) is 115 cm³/mol. The number of carbonyl (C=O) groups excluding carboxylic acids is 4. The van der Waals surface area contributed by atoms with Gasteiger partial charge >= 0.3 is 11.9 Å². The summed E-state index contributed by atoms with van der Waals surface area (Å²) in [5, 5.41) is 25.2. The van der Waals surface area contributed by atoms with Crippen molar-refractivity contribution >= 4 is 47.3 Å². The average molecular weight is 478 g/mol. The number of nitrogens with one attached hydrogen (secondary N) is 3. The normalized spacial score (nSPS) is 14.3. The maximum absolute atomic E-state index is 12.7. The minimum Gasteiger partial charge on any atom is -0.481 e. The largest absolute Gasteiger partial charge is 0.481 e. The number of thioether (sulfide) groups is 1. The first-order valence-corrected chi connectivity index (χ1v) is 11.2. The topological polar surface area (TPSA) is 231 Å². The van der Waals surface area contributed by atoms with Gasteiger partial charge in [0.15, 0.2) is 0 Å². The van der Waals surface area contributed by atoms with E-state index in [1.54, 1.807) is 6.26 Å². The number of aliphatic carboxylic acids is 2. The summed E-state index contributed by atoms with van der Waals surface area (Å²) in [6.45, 7) is 1.43. The minimum absolute atomic E-state index is 0.217. The molecular weight excluding hydrogens is 446 g/mol. The quantitative estimate of drug-likeness (QED) is 0.126. The number of amides is 4. The van der Waals surface area contributed by atoms with Crippen LogP contribution in [0.5, 0.6) is 0 Å². The fraction of sp³-hybridized carbons (Fsp3) is 0.667. The van der Waals surface area contributed by atoms with Gasteiger partial charge in [-0.1, -0.05) is 0 Å². The monoisotopic (exact) mass is 477 g/mol. The first-order chi connectivity index (χ1) is 14.9. The van der Waals surface area contributed by atoms with Crippen LogP contribution < -0.4 is 27.4 Å². The molecule has 4 amide bonds. The summed E-state index contributed by atoms with van der Waals surface area (Å²) in [7, 11) is 0. The summed E-state index contributed by atoms with van der Waals surface area (Å²) in [6, 6.07) is -4.78. The molecule has 0 bridgehead atoms. The maximum Gasteiger partial charge on any atom is 0.326 e. The van der Waals surface area contributed by atoms with Crippen molar-refractivity contribution in [3.8, 4) is 0 Å². The van der Waals surface area contributed by atoms with Gasteiger partial charge in [0.2, 0.25) is 23.6 Å². The van der Waals surface area contributed by atoms with E-state index < -0.39 is 66.2 Å². The van der Waals surface area contributed by atoms with Crippen LogP contribution in [0.4, 0.5) is 0 Å². The van der Waals surface area contributed by atoms with Gasteiger partial charge in [-0.05, 0) is 38.2 Å². The molecule has 14 heteroatoms. The molecule has 0 aliphatic heterocycles. The number of carboxylic acid groups (broad SMARTS) is 2. The molecule has 0 aliphatic rings. The summed E-state index contributed by atoms with van der Waals surface area (Å²) in [5.74, 6) is -5.20.